The molecular formula is C14H13FN2O4S2. The van der Waals surface area contributed by atoms with Gasteiger partial charge in [-0.25, -0.2) is 26.4 Å². The average molecular weight is 356 g/mol. The first-order chi connectivity index (χ1) is 10.7. The van der Waals surface area contributed by atoms with Crippen LogP contribution in [0.4, 0.5) is 10.1 Å². The fraction of sp³-hybridized carbons (Fsp3) is 0.143. The molecule has 1 aliphatic heterocycles. The number of rotatable bonds is 3. The highest BCUT2D eigenvalue weighted by atomic mass is 32.2. The minimum Gasteiger partial charge on any atom is -0.266 e. The van der Waals surface area contributed by atoms with E-state index < -0.39 is 25.9 Å². The molecule has 9 heteroatoms. The van der Waals surface area contributed by atoms with Crippen molar-refractivity contribution in [3.63, 3.8) is 0 Å². The summed E-state index contributed by atoms with van der Waals surface area (Å²) < 4.78 is 62.4. The lowest BCUT2D eigenvalue weighted by molar-refractivity contribution is 0.590. The quantitative estimate of drug-likeness (QED) is 0.894. The topological polar surface area (TPSA) is 97.5 Å². The third-order valence-electron chi connectivity index (χ3n) is 3.64. The van der Waals surface area contributed by atoms with Crippen molar-refractivity contribution in [1.82, 2.24) is 0 Å². The van der Waals surface area contributed by atoms with E-state index in [0.717, 1.165) is 16.4 Å². The van der Waals surface area contributed by atoms with Crippen molar-refractivity contribution in [2.24, 2.45) is 5.14 Å². The Morgan fingerprint density at radius 2 is 1.57 bits per heavy atom. The molecule has 1 heterocycles. The highest BCUT2D eigenvalue weighted by molar-refractivity contribution is 7.93. The molecule has 2 aromatic carbocycles. The number of fused-ring (bicyclic) bond motifs is 1. The minimum absolute atomic E-state index is 0.0623. The maximum Gasteiger partial charge on any atom is 0.264 e. The molecule has 0 amide bonds. The number of nitrogens with zero attached hydrogens (tertiary/aromatic N) is 1. The molecule has 0 saturated carbocycles. The number of primary sulfonamides is 1. The molecule has 0 unspecified atom stereocenters. The van der Waals surface area contributed by atoms with E-state index in [4.69, 9.17) is 5.14 Å². The Kier molecular flexibility index (Phi) is 3.66. The van der Waals surface area contributed by atoms with E-state index in [0.29, 0.717) is 12.0 Å². The van der Waals surface area contributed by atoms with Crippen molar-refractivity contribution in [3.8, 4) is 0 Å². The number of sulfonamides is 2. The highest BCUT2D eigenvalue weighted by Crippen LogP contribution is 2.34. The second-order valence-corrected chi connectivity index (χ2v) is 8.54. The van der Waals surface area contributed by atoms with E-state index in [1.54, 1.807) is 6.07 Å². The summed E-state index contributed by atoms with van der Waals surface area (Å²) in [5, 5.41) is 5.10. The van der Waals surface area contributed by atoms with Gasteiger partial charge in [-0.3, -0.25) is 4.31 Å². The van der Waals surface area contributed by atoms with Gasteiger partial charge in [0.05, 0.1) is 15.5 Å². The number of benzene rings is 2. The van der Waals surface area contributed by atoms with E-state index in [9.17, 15) is 21.2 Å². The zero-order valence-electron chi connectivity index (χ0n) is 11.8. The van der Waals surface area contributed by atoms with Gasteiger partial charge in [-0.2, -0.15) is 0 Å². The van der Waals surface area contributed by atoms with Crippen LogP contribution in [0.3, 0.4) is 0 Å². The van der Waals surface area contributed by atoms with Crippen LogP contribution in [0.1, 0.15) is 5.56 Å². The molecule has 23 heavy (non-hydrogen) atoms. The van der Waals surface area contributed by atoms with Gasteiger partial charge in [0.2, 0.25) is 10.0 Å². The Bertz CT molecular complexity index is 970. The number of nitrogens with two attached hydrogens (primary N) is 1. The molecule has 0 atom stereocenters. The Balaban J connectivity index is 2.09. The smallest absolute Gasteiger partial charge is 0.264 e. The predicted molar refractivity (Wildman–Crippen MR) is 82.5 cm³/mol. The Labute approximate surface area is 133 Å². The van der Waals surface area contributed by atoms with E-state index in [1.165, 1.54) is 24.3 Å². The summed E-state index contributed by atoms with van der Waals surface area (Å²) in [5.41, 5.74) is 0.990. The summed E-state index contributed by atoms with van der Waals surface area (Å²) >= 11 is 0. The van der Waals surface area contributed by atoms with Gasteiger partial charge in [0.1, 0.15) is 5.82 Å². The average Bonchev–Trinajstić information content (AvgIpc) is 2.90. The lowest BCUT2D eigenvalue weighted by Crippen LogP contribution is -2.29. The van der Waals surface area contributed by atoms with Crippen LogP contribution in [0.5, 0.6) is 0 Å². The zero-order valence-corrected chi connectivity index (χ0v) is 13.4. The van der Waals surface area contributed by atoms with Crippen molar-refractivity contribution in [1.29, 1.82) is 0 Å². The molecule has 0 aliphatic carbocycles. The summed E-state index contributed by atoms with van der Waals surface area (Å²) in [4.78, 5) is -0.217. The van der Waals surface area contributed by atoms with Gasteiger partial charge >= 0.3 is 0 Å². The second kappa shape index (κ2) is 5.29. The first-order valence-electron chi connectivity index (χ1n) is 6.63. The normalized spacial score (nSPS) is 14.8. The van der Waals surface area contributed by atoms with Gasteiger partial charge < -0.3 is 0 Å². The number of hydrogen-bond donors (Lipinski definition) is 1. The molecule has 0 saturated heterocycles. The molecule has 2 N–H and O–H groups in total. The Morgan fingerprint density at radius 3 is 2.17 bits per heavy atom. The van der Waals surface area contributed by atoms with E-state index in [2.05, 4.69) is 0 Å². The molecule has 0 radical (unpaired) electrons. The third kappa shape index (κ3) is 2.82. The largest absolute Gasteiger partial charge is 0.266 e. The number of hydrogen-bond acceptors (Lipinski definition) is 4. The fourth-order valence-corrected chi connectivity index (χ4v) is 4.52. The molecule has 0 fully saturated rings. The number of anilines is 1. The summed E-state index contributed by atoms with van der Waals surface area (Å²) in [6, 6.07) is 8.61. The van der Waals surface area contributed by atoms with Crippen LogP contribution in [-0.2, 0) is 26.5 Å². The van der Waals surface area contributed by atoms with Crippen molar-refractivity contribution >= 4 is 25.7 Å². The van der Waals surface area contributed by atoms with Gasteiger partial charge in [0.25, 0.3) is 10.0 Å². The van der Waals surface area contributed by atoms with Crippen LogP contribution in [0.2, 0.25) is 0 Å². The maximum atomic E-state index is 13.0. The van der Waals surface area contributed by atoms with Crippen LogP contribution in [-0.4, -0.2) is 23.4 Å². The second-order valence-electron chi connectivity index (χ2n) is 5.12. The molecular weight excluding hydrogens is 343 g/mol. The molecule has 6 nitrogen and oxygen atoms in total. The van der Waals surface area contributed by atoms with E-state index in [1.807, 2.05) is 0 Å². The predicted octanol–water partition coefficient (Wildman–Crippen LogP) is 1.22. The first-order valence-corrected chi connectivity index (χ1v) is 9.62. The maximum absolute atomic E-state index is 13.0. The van der Waals surface area contributed by atoms with E-state index in [-0.39, 0.29) is 22.0 Å². The molecule has 0 aromatic heterocycles. The van der Waals surface area contributed by atoms with Crippen molar-refractivity contribution < 1.29 is 21.2 Å². The van der Waals surface area contributed by atoms with Crippen LogP contribution in [0.15, 0.2) is 52.3 Å². The SMILES string of the molecule is NS(=O)(=O)c1ccc2c(c1)N(S(=O)(=O)c1ccc(F)cc1)CC2. The highest BCUT2D eigenvalue weighted by Gasteiger charge is 2.31. The van der Waals surface area contributed by atoms with Crippen LogP contribution >= 0.6 is 0 Å². The van der Waals surface area contributed by atoms with Gasteiger partial charge in [0, 0.05) is 6.54 Å². The first kappa shape index (κ1) is 15.9. The van der Waals surface area contributed by atoms with Gasteiger partial charge in [0.15, 0.2) is 0 Å². The summed E-state index contributed by atoms with van der Waals surface area (Å²) in [5.74, 6) is -0.540. The third-order valence-corrected chi connectivity index (χ3v) is 6.38. The lowest BCUT2D eigenvalue weighted by atomic mass is 10.2. The van der Waals surface area contributed by atoms with Crippen molar-refractivity contribution in [2.45, 2.75) is 16.2 Å². The lowest BCUT2D eigenvalue weighted by Gasteiger charge is -2.20. The monoisotopic (exact) mass is 356 g/mol. The van der Waals surface area contributed by atoms with Crippen LogP contribution in [0.25, 0.3) is 0 Å². The summed E-state index contributed by atoms with van der Waals surface area (Å²) in [6.07, 6.45) is 0.459. The Hall–Kier alpha value is -1.97. The van der Waals surface area contributed by atoms with Gasteiger partial charge in [-0.15, -0.1) is 0 Å². The molecule has 0 bridgehead atoms. The molecule has 2 aromatic rings. The summed E-state index contributed by atoms with van der Waals surface area (Å²) in [6.45, 7) is 0.184. The number of halogens is 1. The van der Waals surface area contributed by atoms with Crippen molar-refractivity contribution in [2.75, 3.05) is 10.8 Å². The van der Waals surface area contributed by atoms with Gasteiger partial charge in [-0.05, 0) is 48.4 Å². The standard InChI is InChI=1S/C14H13FN2O4S2/c15-11-2-5-12(6-3-11)23(20,21)17-8-7-10-1-4-13(9-14(10)17)22(16,18)19/h1-6,9H,7-8H2,(H2,16,18,19). The van der Waals surface area contributed by atoms with Crippen molar-refractivity contribution in [3.05, 3.63) is 53.8 Å². The van der Waals surface area contributed by atoms with Gasteiger partial charge in [-0.1, -0.05) is 6.07 Å². The fourth-order valence-electron chi connectivity index (χ4n) is 2.49. The van der Waals surface area contributed by atoms with Crippen LogP contribution in [0, 0.1) is 5.82 Å². The molecule has 122 valence electrons. The molecule has 0 spiro atoms. The van der Waals surface area contributed by atoms with E-state index >= 15 is 0 Å². The molecule has 1 aliphatic rings. The Morgan fingerprint density at radius 1 is 0.957 bits per heavy atom. The molecule has 3 rings (SSSR count). The van der Waals surface area contributed by atoms with Crippen LogP contribution < -0.4 is 9.44 Å². The summed E-state index contributed by atoms with van der Waals surface area (Å²) in [7, 11) is -7.83. The zero-order chi connectivity index (χ0) is 16.8. The minimum atomic E-state index is -3.93.